The Morgan fingerprint density at radius 2 is 1.87 bits per heavy atom. The number of hydrogen-bond acceptors (Lipinski definition) is 3. The van der Waals surface area contributed by atoms with E-state index in [1.807, 2.05) is 0 Å². The largest absolute Gasteiger partial charge is 0.355 e. The zero-order valence-electron chi connectivity index (χ0n) is 12.8. The summed E-state index contributed by atoms with van der Waals surface area (Å²) in [5.74, 6) is -0.192. The molecule has 8 heteroatoms. The molecule has 7 nitrogen and oxygen atoms in total. The van der Waals surface area contributed by atoms with Crippen LogP contribution in [0.1, 0.15) is 13.3 Å². The maximum atomic E-state index is 12.1. The molecule has 124 valence electrons. The molecule has 0 radical (unpaired) electrons. The highest BCUT2D eigenvalue weighted by Crippen LogP contribution is 2.23. The Hall–Kier alpha value is -2.28. The van der Waals surface area contributed by atoms with Crippen molar-refractivity contribution in [2.24, 2.45) is 0 Å². The van der Waals surface area contributed by atoms with Crippen molar-refractivity contribution in [2.75, 3.05) is 24.5 Å². The van der Waals surface area contributed by atoms with E-state index in [0.717, 1.165) is 5.69 Å². The minimum absolute atomic E-state index is 0.0455. The van der Waals surface area contributed by atoms with Gasteiger partial charge in [0, 0.05) is 43.7 Å². The lowest BCUT2D eigenvalue weighted by molar-refractivity contribution is -0.119. The first-order valence-electron chi connectivity index (χ1n) is 7.30. The van der Waals surface area contributed by atoms with Crippen molar-refractivity contribution in [3.05, 3.63) is 29.3 Å². The van der Waals surface area contributed by atoms with Crippen molar-refractivity contribution in [2.45, 2.75) is 19.4 Å². The van der Waals surface area contributed by atoms with Gasteiger partial charge in [-0.15, -0.1) is 0 Å². The molecule has 0 aromatic heterocycles. The van der Waals surface area contributed by atoms with Crippen molar-refractivity contribution >= 4 is 35.1 Å². The number of rotatable bonds is 5. The molecule has 3 N–H and O–H groups in total. The molecule has 0 spiro atoms. The van der Waals surface area contributed by atoms with Crippen LogP contribution in [0, 0.1) is 0 Å². The van der Waals surface area contributed by atoms with Gasteiger partial charge in [-0.25, -0.2) is 4.79 Å². The predicted molar refractivity (Wildman–Crippen MR) is 87.4 cm³/mol. The minimum atomic E-state index is -0.355. The fourth-order valence-electron chi connectivity index (χ4n) is 2.33. The maximum absolute atomic E-state index is 12.1. The number of carbonyl (C=O) groups excluding carboxylic acids is 3. The second-order valence-corrected chi connectivity index (χ2v) is 5.70. The molecular weight excluding hydrogens is 320 g/mol. The molecule has 0 saturated carbocycles. The molecule has 23 heavy (non-hydrogen) atoms. The lowest BCUT2D eigenvalue weighted by Gasteiger charge is -2.17. The average Bonchev–Trinajstić information content (AvgIpc) is 2.85. The molecule has 1 saturated heterocycles. The fraction of sp³-hybridized carbons (Fsp3) is 0.400. The van der Waals surface area contributed by atoms with Gasteiger partial charge >= 0.3 is 6.03 Å². The first-order chi connectivity index (χ1) is 11.0. The van der Waals surface area contributed by atoms with Crippen LogP contribution in [-0.4, -0.2) is 43.5 Å². The van der Waals surface area contributed by atoms with Crippen LogP contribution in [-0.2, 0) is 9.59 Å². The molecule has 0 aliphatic carbocycles. The standard InChI is InChI=1S/C15H19ClN4O3/c1-10(21)17-6-7-18-15(23)19-12-8-14(22)20(9-12)13-4-2-11(16)3-5-13/h2-5,12H,6-9H2,1H3,(H,17,21)(H2,18,19,23)/t12-/m0/s1. The highest BCUT2D eigenvalue weighted by Gasteiger charge is 2.31. The average molecular weight is 339 g/mol. The summed E-state index contributed by atoms with van der Waals surface area (Å²) >= 11 is 5.84. The van der Waals surface area contributed by atoms with E-state index in [9.17, 15) is 14.4 Å². The van der Waals surface area contributed by atoms with E-state index in [4.69, 9.17) is 11.6 Å². The molecule has 0 unspecified atom stereocenters. The summed E-state index contributed by atoms with van der Waals surface area (Å²) in [4.78, 5) is 36.1. The molecule has 1 fully saturated rings. The molecular formula is C15H19ClN4O3. The molecule has 2 rings (SSSR count). The van der Waals surface area contributed by atoms with Gasteiger partial charge in [0.25, 0.3) is 0 Å². The molecule has 1 atom stereocenters. The van der Waals surface area contributed by atoms with Crippen molar-refractivity contribution in [3.8, 4) is 0 Å². The van der Waals surface area contributed by atoms with Gasteiger partial charge in [-0.3, -0.25) is 9.59 Å². The number of urea groups is 1. The van der Waals surface area contributed by atoms with Gasteiger partial charge in [-0.2, -0.15) is 0 Å². The summed E-state index contributed by atoms with van der Waals surface area (Å²) in [6.45, 7) is 2.52. The Morgan fingerprint density at radius 3 is 2.52 bits per heavy atom. The first-order valence-corrected chi connectivity index (χ1v) is 7.68. The Balaban J connectivity index is 1.79. The maximum Gasteiger partial charge on any atom is 0.315 e. The van der Waals surface area contributed by atoms with E-state index in [1.54, 1.807) is 29.2 Å². The topological polar surface area (TPSA) is 90.5 Å². The van der Waals surface area contributed by atoms with Gasteiger partial charge in [0.05, 0.1) is 6.04 Å². The summed E-state index contributed by atoms with van der Waals surface area (Å²) in [7, 11) is 0. The number of hydrogen-bond donors (Lipinski definition) is 3. The first kappa shape index (κ1) is 17.1. The van der Waals surface area contributed by atoms with Crippen molar-refractivity contribution < 1.29 is 14.4 Å². The second-order valence-electron chi connectivity index (χ2n) is 5.27. The zero-order valence-corrected chi connectivity index (χ0v) is 13.5. The summed E-state index contributed by atoms with van der Waals surface area (Å²) in [6, 6.07) is 6.39. The van der Waals surface area contributed by atoms with E-state index in [-0.39, 0.29) is 30.3 Å². The summed E-state index contributed by atoms with van der Waals surface area (Å²) in [6.07, 6.45) is 0.252. The van der Waals surface area contributed by atoms with Crippen LogP contribution in [0.2, 0.25) is 5.02 Å². The Morgan fingerprint density at radius 1 is 1.22 bits per heavy atom. The van der Waals surface area contributed by atoms with Gasteiger partial charge in [0.1, 0.15) is 0 Å². The van der Waals surface area contributed by atoms with E-state index in [0.29, 0.717) is 24.7 Å². The van der Waals surface area contributed by atoms with Crippen LogP contribution in [0.5, 0.6) is 0 Å². The van der Waals surface area contributed by atoms with Crippen LogP contribution in [0.25, 0.3) is 0 Å². The third-order valence-corrected chi connectivity index (χ3v) is 3.64. The lowest BCUT2D eigenvalue weighted by atomic mass is 10.2. The molecule has 1 aliphatic rings. The number of nitrogens with one attached hydrogen (secondary N) is 3. The highest BCUT2D eigenvalue weighted by molar-refractivity contribution is 6.30. The summed E-state index contributed by atoms with van der Waals surface area (Å²) in [5.41, 5.74) is 0.759. The second kappa shape index (κ2) is 7.82. The van der Waals surface area contributed by atoms with E-state index in [1.165, 1.54) is 6.92 Å². The van der Waals surface area contributed by atoms with E-state index < -0.39 is 0 Å². The zero-order chi connectivity index (χ0) is 16.8. The van der Waals surface area contributed by atoms with Crippen LogP contribution in [0.15, 0.2) is 24.3 Å². The smallest absolute Gasteiger partial charge is 0.315 e. The minimum Gasteiger partial charge on any atom is -0.355 e. The molecule has 4 amide bonds. The third kappa shape index (κ3) is 5.14. The van der Waals surface area contributed by atoms with Gasteiger partial charge in [-0.1, -0.05) is 11.6 Å². The Labute approximate surface area is 139 Å². The number of amides is 4. The van der Waals surface area contributed by atoms with Crippen LogP contribution in [0.4, 0.5) is 10.5 Å². The van der Waals surface area contributed by atoms with Gasteiger partial charge in [0.2, 0.25) is 11.8 Å². The summed E-state index contributed by atoms with van der Waals surface area (Å²) in [5, 5.41) is 8.57. The van der Waals surface area contributed by atoms with Crippen molar-refractivity contribution in [1.29, 1.82) is 0 Å². The highest BCUT2D eigenvalue weighted by atomic mass is 35.5. The summed E-state index contributed by atoms with van der Waals surface area (Å²) < 4.78 is 0. The molecule has 1 aromatic carbocycles. The fourth-order valence-corrected chi connectivity index (χ4v) is 2.45. The number of halogens is 1. The van der Waals surface area contributed by atoms with Crippen LogP contribution >= 0.6 is 11.6 Å². The Kier molecular flexibility index (Phi) is 5.81. The van der Waals surface area contributed by atoms with Crippen LogP contribution < -0.4 is 20.9 Å². The Bertz CT molecular complexity index is 591. The number of benzene rings is 1. The van der Waals surface area contributed by atoms with Crippen LogP contribution in [0.3, 0.4) is 0 Å². The molecule has 1 aliphatic heterocycles. The van der Waals surface area contributed by atoms with Crippen molar-refractivity contribution in [1.82, 2.24) is 16.0 Å². The monoisotopic (exact) mass is 338 g/mol. The van der Waals surface area contributed by atoms with Gasteiger partial charge in [-0.05, 0) is 24.3 Å². The van der Waals surface area contributed by atoms with Gasteiger partial charge < -0.3 is 20.9 Å². The SMILES string of the molecule is CC(=O)NCCNC(=O)N[C@H]1CC(=O)N(c2ccc(Cl)cc2)C1. The number of anilines is 1. The normalized spacial score (nSPS) is 17.0. The predicted octanol–water partition coefficient (Wildman–Crippen LogP) is 0.881. The molecule has 0 bridgehead atoms. The quantitative estimate of drug-likeness (QED) is 0.696. The van der Waals surface area contributed by atoms with Crippen molar-refractivity contribution in [3.63, 3.8) is 0 Å². The number of carbonyl (C=O) groups is 3. The lowest BCUT2D eigenvalue weighted by Crippen LogP contribution is -2.45. The third-order valence-electron chi connectivity index (χ3n) is 3.38. The number of nitrogens with zero attached hydrogens (tertiary/aromatic N) is 1. The van der Waals surface area contributed by atoms with Gasteiger partial charge in [0.15, 0.2) is 0 Å². The van der Waals surface area contributed by atoms with E-state index in [2.05, 4.69) is 16.0 Å². The van der Waals surface area contributed by atoms with E-state index >= 15 is 0 Å². The molecule has 1 heterocycles. The molecule has 1 aromatic rings.